The largest absolute Gasteiger partial charge is 0.435 e. The van der Waals surface area contributed by atoms with Crippen LogP contribution in [0.15, 0.2) is 16.6 Å². The number of hydrogen-bond acceptors (Lipinski definition) is 0. The highest BCUT2D eigenvalue weighted by atomic mass is 79.9. The van der Waals surface area contributed by atoms with Gasteiger partial charge in [-0.1, -0.05) is 22.0 Å². The van der Waals surface area contributed by atoms with Crippen molar-refractivity contribution in [2.45, 2.75) is 37.0 Å². The molecule has 0 atom stereocenters. The summed E-state index contributed by atoms with van der Waals surface area (Å²) in [4.78, 5) is 0. The van der Waals surface area contributed by atoms with Crippen LogP contribution in [-0.4, -0.2) is 18.5 Å². The summed E-state index contributed by atoms with van der Waals surface area (Å²) in [7, 11) is 0. The molecule has 0 N–H and O–H groups in total. The Hall–Kier alpha value is -1.00. The molecule has 0 fully saturated rings. The lowest BCUT2D eigenvalue weighted by molar-refractivity contribution is -0.348. The molecule has 23 heavy (non-hydrogen) atoms. The van der Waals surface area contributed by atoms with Crippen LogP contribution in [0, 0.1) is 6.07 Å². The average Bonchev–Trinajstić information content (AvgIpc) is 2.31. The maximum atomic E-state index is 13.9. The Balaban J connectivity index is 3.38. The van der Waals surface area contributed by atoms with Crippen molar-refractivity contribution in [2.75, 3.05) is 0 Å². The molecule has 0 aliphatic carbocycles. The highest BCUT2D eigenvalue weighted by molar-refractivity contribution is 9.10. The molecule has 0 nitrogen and oxygen atoms in total. The van der Waals surface area contributed by atoms with Crippen molar-refractivity contribution in [3.8, 4) is 0 Å². The van der Waals surface area contributed by atoms with Gasteiger partial charge in [-0.25, -0.2) is 4.39 Å². The van der Waals surface area contributed by atoms with E-state index >= 15 is 0 Å². The summed E-state index contributed by atoms with van der Waals surface area (Å²) in [6.45, 7) is 0. The second-order valence-electron chi connectivity index (χ2n) is 4.51. The molecular formula is C12H6BrF10. The smallest absolute Gasteiger partial charge is 0.218 e. The molecule has 0 saturated carbocycles. The van der Waals surface area contributed by atoms with E-state index in [2.05, 4.69) is 22.0 Å². The third-order valence-corrected chi connectivity index (χ3v) is 3.18. The minimum Gasteiger partial charge on any atom is -0.218 e. The van der Waals surface area contributed by atoms with Gasteiger partial charge >= 0.3 is 24.2 Å². The van der Waals surface area contributed by atoms with Crippen LogP contribution in [0.5, 0.6) is 0 Å². The second-order valence-corrected chi connectivity index (χ2v) is 5.37. The van der Waals surface area contributed by atoms with E-state index in [1.807, 2.05) is 0 Å². The zero-order valence-electron chi connectivity index (χ0n) is 10.7. The van der Waals surface area contributed by atoms with Crippen LogP contribution in [0.3, 0.4) is 0 Å². The lowest BCUT2D eigenvalue weighted by Gasteiger charge is -2.30. The molecule has 1 aromatic rings. The topological polar surface area (TPSA) is 0 Å². The summed E-state index contributed by atoms with van der Waals surface area (Å²) in [5.41, 5.74) is -8.20. The van der Waals surface area contributed by atoms with Gasteiger partial charge in [-0.3, -0.25) is 0 Å². The van der Waals surface area contributed by atoms with Crippen molar-refractivity contribution in [1.82, 2.24) is 0 Å². The first kappa shape index (κ1) is 20.0. The van der Waals surface area contributed by atoms with Gasteiger partial charge in [0.05, 0.1) is 0 Å². The second kappa shape index (κ2) is 6.14. The minimum atomic E-state index is -6.34. The Labute approximate surface area is 131 Å². The first-order valence-corrected chi connectivity index (χ1v) is 6.48. The molecule has 0 aliphatic rings. The monoisotopic (exact) mass is 419 g/mol. The van der Waals surface area contributed by atoms with Crippen molar-refractivity contribution in [3.05, 3.63) is 33.8 Å². The van der Waals surface area contributed by atoms with E-state index < -0.39 is 52.6 Å². The Morgan fingerprint density at radius 2 is 1.30 bits per heavy atom. The van der Waals surface area contributed by atoms with E-state index in [0.717, 1.165) is 0 Å². The van der Waals surface area contributed by atoms with Gasteiger partial charge in [-0.2, -0.15) is 39.5 Å². The molecule has 0 heterocycles. The number of halogens is 11. The average molecular weight is 420 g/mol. The zero-order chi connectivity index (χ0) is 18.3. The first-order valence-electron chi connectivity index (χ1n) is 5.69. The standard InChI is InChI=1S/C12H6BrF10/c13-8-4-6(1-2-9(14,15)16)3-7(5-8)10(17,11(18,19)20)12(21,22)23/h3,5H,1-2H2. The number of rotatable bonds is 3. The van der Waals surface area contributed by atoms with Crippen LogP contribution in [-0.2, 0) is 12.1 Å². The predicted molar refractivity (Wildman–Crippen MR) is 62.2 cm³/mol. The fraction of sp³-hybridized carbons (Fsp3) is 0.500. The van der Waals surface area contributed by atoms with E-state index in [-0.39, 0.29) is 12.1 Å². The molecule has 11 heteroatoms. The molecule has 0 saturated heterocycles. The molecule has 0 bridgehead atoms. The van der Waals surface area contributed by atoms with Crippen LogP contribution in [0.4, 0.5) is 43.9 Å². The van der Waals surface area contributed by atoms with E-state index in [1.54, 1.807) is 0 Å². The quantitative estimate of drug-likeness (QED) is 0.524. The fourth-order valence-corrected chi connectivity index (χ4v) is 2.19. The zero-order valence-corrected chi connectivity index (χ0v) is 12.3. The van der Waals surface area contributed by atoms with E-state index in [0.29, 0.717) is 0 Å². The summed E-state index contributed by atoms with van der Waals surface area (Å²) in [6.07, 6.45) is -19.8. The number of benzene rings is 1. The first-order chi connectivity index (χ1) is 10.1. The maximum Gasteiger partial charge on any atom is 0.435 e. The van der Waals surface area contributed by atoms with Gasteiger partial charge in [0, 0.05) is 22.5 Å². The molecule has 0 unspecified atom stereocenters. The van der Waals surface area contributed by atoms with Gasteiger partial charge in [0.15, 0.2) is 0 Å². The lowest BCUT2D eigenvalue weighted by atomic mass is 9.92. The van der Waals surface area contributed by atoms with Crippen molar-refractivity contribution in [1.29, 1.82) is 0 Å². The van der Waals surface area contributed by atoms with Gasteiger partial charge in [-0.05, 0) is 18.1 Å². The summed E-state index contributed by atoms with van der Waals surface area (Å²) in [5.74, 6) is 0. The number of hydrogen-bond donors (Lipinski definition) is 0. The summed E-state index contributed by atoms with van der Waals surface area (Å²) >= 11 is 2.52. The number of aryl methyl sites for hydroxylation is 1. The Bertz CT molecular complexity index is 540. The van der Waals surface area contributed by atoms with Gasteiger partial charge in [0.1, 0.15) is 0 Å². The summed E-state index contributed by atoms with van der Waals surface area (Å²) in [5, 5.41) is 0. The highest BCUT2D eigenvalue weighted by Gasteiger charge is 2.73. The Morgan fingerprint density at radius 1 is 0.826 bits per heavy atom. The molecule has 131 valence electrons. The van der Waals surface area contributed by atoms with Crippen LogP contribution >= 0.6 is 15.9 Å². The van der Waals surface area contributed by atoms with Gasteiger partial charge in [0.2, 0.25) is 0 Å². The molecule has 0 aromatic heterocycles. The predicted octanol–water partition coefficient (Wildman–Crippen LogP) is 6.03. The minimum absolute atomic E-state index is 0.0808. The normalized spacial score (nSPS) is 14.2. The van der Waals surface area contributed by atoms with Crippen LogP contribution in [0.1, 0.15) is 17.5 Å². The summed E-state index contributed by atoms with van der Waals surface area (Å²) in [6, 6.07) is 2.37. The molecule has 0 spiro atoms. The molecule has 1 aromatic carbocycles. The Morgan fingerprint density at radius 3 is 1.70 bits per heavy atom. The summed E-state index contributed by atoms with van der Waals surface area (Å²) < 4.78 is 125. The lowest BCUT2D eigenvalue weighted by Crippen LogP contribution is -2.50. The third-order valence-electron chi connectivity index (χ3n) is 2.75. The van der Waals surface area contributed by atoms with Gasteiger partial charge in [-0.15, -0.1) is 0 Å². The molecule has 1 radical (unpaired) electrons. The molecule has 0 amide bonds. The highest BCUT2D eigenvalue weighted by Crippen LogP contribution is 2.53. The molecule has 1 rings (SSSR count). The number of alkyl halides is 10. The fourth-order valence-electron chi connectivity index (χ4n) is 1.69. The van der Waals surface area contributed by atoms with Crippen LogP contribution in [0.2, 0.25) is 0 Å². The van der Waals surface area contributed by atoms with Crippen molar-refractivity contribution >= 4 is 15.9 Å². The maximum absolute atomic E-state index is 13.9. The van der Waals surface area contributed by atoms with E-state index in [1.165, 1.54) is 0 Å². The van der Waals surface area contributed by atoms with Crippen LogP contribution < -0.4 is 0 Å². The van der Waals surface area contributed by atoms with Crippen molar-refractivity contribution < 1.29 is 43.9 Å². The SMILES string of the molecule is FC(F)(F)CCc1[c]c(Br)cc(C(F)(C(F)(F)F)C(F)(F)F)c1. The molecular weight excluding hydrogens is 414 g/mol. The van der Waals surface area contributed by atoms with E-state index in [4.69, 9.17) is 0 Å². The Kier molecular flexibility index (Phi) is 5.35. The molecule has 0 aliphatic heterocycles. The van der Waals surface area contributed by atoms with E-state index in [9.17, 15) is 43.9 Å². The van der Waals surface area contributed by atoms with Crippen molar-refractivity contribution in [3.63, 3.8) is 0 Å². The van der Waals surface area contributed by atoms with Gasteiger partial charge in [0.25, 0.3) is 0 Å². The van der Waals surface area contributed by atoms with Crippen LogP contribution in [0.25, 0.3) is 0 Å². The van der Waals surface area contributed by atoms with Gasteiger partial charge < -0.3 is 0 Å². The van der Waals surface area contributed by atoms with Crippen molar-refractivity contribution in [2.24, 2.45) is 0 Å². The third kappa shape index (κ3) is 4.51.